The van der Waals surface area contributed by atoms with Crippen molar-refractivity contribution in [1.29, 1.82) is 0 Å². The first-order valence-corrected chi connectivity index (χ1v) is 8.12. The maximum absolute atomic E-state index is 13.1. The average molecular weight is 324 g/mol. The van der Waals surface area contributed by atoms with Gasteiger partial charge in [0.1, 0.15) is 5.82 Å². The number of aromatic nitrogens is 3. The van der Waals surface area contributed by atoms with Gasteiger partial charge in [-0.2, -0.15) is 0 Å². The highest BCUT2D eigenvalue weighted by Crippen LogP contribution is 2.18. The SMILES string of the molecule is O=c1c2cnc(N3CCCCC3)nc2ccn1-c1ccc(F)cc1. The number of nitrogens with zero attached hydrogens (tertiary/aromatic N) is 4. The molecule has 4 rings (SSSR count). The molecular weight excluding hydrogens is 307 g/mol. The van der Waals surface area contributed by atoms with E-state index in [1.807, 2.05) is 0 Å². The van der Waals surface area contributed by atoms with E-state index in [-0.39, 0.29) is 11.4 Å². The lowest BCUT2D eigenvalue weighted by Gasteiger charge is -2.26. The van der Waals surface area contributed by atoms with Crippen molar-refractivity contribution < 1.29 is 4.39 Å². The quantitative estimate of drug-likeness (QED) is 0.727. The minimum absolute atomic E-state index is 0.204. The van der Waals surface area contributed by atoms with Gasteiger partial charge in [-0.15, -0.1) is 0 Å². The van der Waals surface area contributed by atoms with Gasteiger partial charge in [0.25, 0.3) is 5.56 Å². The van der Waals surface area contributed by atoms with E-state index in [9.17, 15) is 9.18 Å². The van der Waals surface area contributed by atoms with E-state index in [1.165, 1.54) is 23.1 Å². The van der Waals surface area contributed by atoms with Crippen LogP contribution in [0.25, 0.3) is 16.6 Å². The minimum Gasteiger partial charge on any atom is -0.341 e. The van der Waals surface area contributed by atoms with Crippen molar-refractivity contribution in [2.45, 2.75) is 19.3 Å². The van der Waals surface area contributed by atoms with Crippen LogP contribution in [0.5, 0.6) is 0 Å². The summed E-state index contributed by atoms with van der Waals surface area (Å²) in [6.45, 7) is 1.91. The molecule has 0 bridgehead atoms. The van der Waals surface area contributed by atoms with Gasteiger partial charge in [-0.1, -0.05) is 0 Å². The van der Waals surface area contributed by atoms with Crippen LogP contribution in [0.3, 0.4) is 0 Å². The highest BCUT2D eigenvalue weighted by atomic mass is 19.1. The molecule has 1 saturated heterocycles. The summed E-state index contributed by atoms with van der Waals surface area (Å²) in [6.07, 6.45) is 6.80. The monoisotopic (exact) mass is 324 g/mol. The van der Waals surface area contributed by atoms with Gasteiger partial charge in [0.2, 0.25) is 5.95 Å². The van der Waals surface area contributed by atoms with Crippen molar-refractivity contribution in [2.24, 2.45) is 0 Å². The summed E-state index contributed by atoms with van der Waals surface area (Å²) in [6, 6.07) is 7.62. The molecule has 0 aliphatic carbocycles. The standard InChI is InChI=1S/C18H17FN4O/c19-13-4-6-14(7-5-13)23-11-8-16-15(17(23)24)12-20-18(21-16)22-9-2-1-3-10-22/h4-8,11-12H,1-3,9-10H2. The van der Waals surface area contributed by atoms with E-state index in [0.29, 0.717) is 22.5 Å². The molecule has 0 atom stereocenters. The first-order chi connectivity index (χ1) is 11.7. The zero-order valence-corrected chi connectivity index (χ0v) is 13.2. The molecule has 0 amide bonds. The Balaban J connectivity index is 1.76. The largest absolute Gasteiger partial charge is 0.341 e. The zero-order chi connectivity index (χ0) is 16.5. The number of pyridine rings is 1. The average Bonchev–Trinajstić information content (AvgIpc) is 2.63. The summed E-state index contributed by atoms with van der Waals surface area (Å²) in [4.78, 5) is 23.8. The molecule has 3 heterocycles. The van der Waals surface area contributed by atoms with Crippen molar-refractivity contribution in [1.82, 2.24) is 14.5 Å². The number of hydrogen-bond acceptors (Lipinski definition) is 4. The highest BCUT2D eigenvalue weighted by Gasteiger charge is 2.15. The van der Waals surface area contributed by atoms with E-state index in [1.54, 1.807) is 30.6 Å². The van der Waals surface area contributed by atoms with Gasteiger partial charge in [-0.3, -0.25) is 9.36 Å². The molecule has 0 radical (unpaired) electrons. The number of piperidine rings is 1. The Bertz CT molecular complexity index is 930. The third kappa shape index (κ3) is 2.64. The number of benzene rings is 1. The fraction of sp³-hybridized carbons (Fsp3) is 0.278. The number of fused-ring (bicyclic) bond motifs is 1. The maximum atomic E-state index is 13.1. The second-order valence-electron chi connectivity index (χ2n) is 5.98. The van der Waals surface area contributed by atoms with Crippen molar-refractivity contribution >= 4 is 16.9 Å². The molecule has 0 spiro atoms. The first-order valence-electron chi connectivity index (χ1n) is 8.12. The van der Waals surface area contributed by atoms with E-state index in [0.717, 1.165) is 25.9 Å². The molecule has 0 unspecified atom stereocenters. The third-order valence-electron chi connectivity index (χ3n) is 4.38. The van der Waals surface area contributed by atoms with Gasteiger partial charge in [-0.25, -0.2) is 14.4 Å². The van der Waals surface area contributed by atoms with Gasteiger partial charge in [-0.05, 0) is 49.6 Å². The van der Waals surface area contributed by atoms with Gasteiger partial charge < -0.3 is 4.90 Å². The molecule has 1 aliphatic heterocycles. The summed E-state index contributed by atoms with van der Waals surface area (Å²) in [5, 5.41) is 0.461. The molecule has 5 nitrogen and oxygen atoms in total. The van der Waals surface area contributed by atoms with Gasteiger partial charge in [0.15, 0.2) is 0 Å². The Labute approximate surface area is 138 Å². The Kier molecular flexibility index (Phi) is 3.72. The van der Waals surface area contributed by atoms with Crippen LogP contribution in [-0.4, -0.2) is 27.6 Å². The Morgan fingerprint density at radius 1 is 1.00 bits per heavy atom. The number of anilines is 1. The molecule has 0 saturated carbocycles. The molecule has 122 valence electrons. The molecule has 3 aromatic rings. The maximum Gasteiger partial charge on any atom is 0.266 e. The van der Waals surface area contributed by atoms with Crippen molar-refractivity contribution in [3.8, 4) is 5.69 Å². The third-order valence-corrected chi connectivity index (χ3v) is 4.38. The summed E-state index contributed by atoms with van der Waals surface area (Å²) < 4.78 is 14.5. The number of hydrogen-bond donors (Lipinski definition) is 0. The topological polar surface area (TPSA) is 51.0 Å². The Hall–Kier alpha value is -2.76. The fourth-order valence-electron chi connectivity index (χ4n) is 3.07. The molecule has 24 heavy (non-hydrogen) atoms. The second kappa shape index (κ2) is 6.03. The van der Waals surface area contributed by atoms with Gasteiger partial charge >= 0.3 is 0 Å². The van der Waals surface area contributed by atoms with E-state index < -0.39 is 0 Å². The molecular formula is C18H17FN4O. The lowest BCUT2D eigenvalue weighted by atomic mass is 10.1. The Morgan fingerprint density at radius 3 is 2.50 bits per heavy atom. The molecule has 0 N–H and O–H groups in total. The van der Waals surface area contributed by atoms with E-state index >= 15 is 0 Å². The van der Waals surface area contributed by atoms with Crippen LogP contribution in [0, 0.1) is 5.82 Å². The van der Waals surface area contributed by atoms with Crippen LogP contribution in [0.4, 0.5) is 10.3 Å². The van der Waals surface area contributed by atoms with Crippen LogP contribution >= 0.6 is 0 Å². The molecule has 1 aliphatic rings. The molecule has 6 heteroatoms. The summed E-state index contributed by atoms with van der Waals surface area (Å²) in [5.41, 5.74) is 1.04. The van der Waals surface area contributed by atoms with Crippen LogP contribution in [0.2, 0.25) is 0 Å². The number of halogens is 1. The molecule has 1 fully saturated rings. The minimum atomic E-state index is -0.331. The van der Waals surface area contributed by atoms with Crippen LogP contribution in [0.15, 0.2) is 47.5 Å². The summed E-state index contributed by atoms with van der Waals surface area (Å²) in [7, 11) is 0. The van der Waals surface area contributed by atoms with Crippen molar-refractivity contribution in [3.05, 3.63) is 58.9 Å². The van der Waals surface area contributed by atoms with Crippen LogP contribution < -0.4 is 10.5 Å². The lowest BCUT2D eigenvalue weighted by Crippen LogP contribution is -2.31. The number of rotatable bonds is 2. The highest BCUT2D eigenvalue weighted by molar-refractivity contribution is 5.77. The lowest BCUT2D eigenvalue weighted by molar-refractivity contribution is 0.569. The smallest absolute Gasteiger partial charge is 0.266 e. The first kappa shape index (κ1) is 14.8. The molecule has 2 aromatic heterocycles. The molecule has 1 aromatic carbocycles. The Morgan fingerprint density at radius 2 is 1.75 bits per heavy atom. The summed E-state index contributed by atoms with van der Waals surface area (Å²) in [5.74, 6) is 0.350. The van der Waals surface area contributed by atoms with Crippen LogP contribution in [0.1, 0.15) is 19.3 Å². The fourth-order valence-corrected chi connectivity index (χ4v) is 3.07. The van der Waals surface area contributed by atoms with Crippen molar-refractivity contribution in [3.63, 3.8) is 0 Å². The predicted octanol–water partition coefficient (Wildman–Crippen LogP) is 2.91. The zero-order valence-electron chi connectivity index (χ0n) is 13.2. The van der Waals surface area contributed by atoms with Gasteiger partial charge in [0, 0.05) is 31.2 Å². The van der Waals surface area contributed by atoms with Crippen molar-refractivity contribution in [2.75, 3.05) is 18.0 Å². The normalized spacial score (nSPS) is 15.0. The van der Waals surface area contributed by atoms with Crippen LogP contribution in [-0.2, 0) is 0 Å². The van der Waals surface area contributed by atoms with Gasteiger partial charge in [0.05, 0.1) is 10.9 Å². The van der Waals surface area contributed by atoms with E-state index in [4.69, 9.17) is 0 Å². The second-order valence-corrected chi connectivity index (χ2v) is 5.98. The van der Waals surface area contributed by atoms with E-state index in [2.05, 4.69) is 14.9 Å². The predicted molar refractivity (Wildman–Crippen MR) is 91.2 cm³/mol. The summed E-state index contributed by atoms with van der Waals surface area (Å²) >= 11 is 0.